The fourth-order valence-corrected chi connectivity index (χ4v) is 1.94. The molecule has 0 aliphatic rings. The molecule has 1 aromatic carbocycles. The summed E-state index contributed by atoms with van der Waals surface area (Å²) < 4.78 is 21.2. The quantitative estimate of drug-likeness (QED) is 0.791. The fraction of sp³-hybridized carbons (Fsp3) is 0.400. The Kier molecular flexibility index (Phi) is 5.12. The Bertz CT molecular complexity index is 554. The van der Waals surface area contributed by atoms with E-state index in [2.05, 4.69) is 17.3 Å². The number of hydrogen-bond donors (Lipinski definition) is 1. The normalized spacial score (nSPS) is 10.8. The zero-order valence-corrected chi connectivity index (χ0v) is 11.9. The Labute approximate surface area is 118 Å². The van der Waals surface area contributed by atoms with Crippen molar-refractivity contribution < 1.29 is 9.13 Å². The van der Waals surface area contributed by atoms with E-state index in [1.165, 1.54) is 6.07 Å². The van der Waals surface area contributed by atoms with Crippen LogP contribution in [0.25, 0.3) is 0 Å². The van der Waals surface area contributed by atoms with Gasteiger partial charge in [-0.2, -0.15) is 5.10 Å². The van der Waals surface area contributed by atoms with Gasteiger partial charge in [0.2, 0.25) is 0 Å². The third-order valence-electron chi connectivity index (χ3n) is 2.92. The molecule has 20 heavy (non-hydrogen) atoms. The van der Waals surface area contributed by atoms with Gasteiger partial charge in [0.05, 0.1) is 5.69 Å². The van der Waals surface area contributed by atoms with Gasteiger partial charge in [0.15, 0.2) is 11.6 Å². The fourth-order valence-electron chi connectivity index (χ4n) is 1.94. The third-order valence-corrected chi connectivity index (χ3v) is 2.92. The van der Waals surface area contributed by atoms with Gasteiger partial charge < -0.3 is 10.1 Å². The molecule has 0 atom stereocenters. The maximum absolute atomic E-state index is 13.9. The van der Waals surface area contributed by atoms with Gasteiger partial charge in [0.1, 0.15) is 6.61 Å². The van der Waals surface area contributed by atoms with Crippen LogP contribution in [0.4, 0.5) is 4.39 Å². The molecule has 4 nitrogen and oxygen atoms in total. The predicted octanol–water partition coefficient (Wildman–Crippen LogP) is 2.64. The van der Waals surface area contributed by atoms with E-state index >= 15 is 0 Å². The smallest absolute Gasteiger partial charge is 0.165 e. The molecule has 1 heterocycles. The molecule has 0 saturated carbocycles. The lowest BCUT2D eigenvalue weighted by atomic mass is 10.2. The van der Waals surface area contributed by atoms with Crippen LogP contribution in [-0.4, -0.2) is 16.3 Å². The van der Waals surface area contributed by atoms with E-state index in [0.29, 0.717) is 12.3 Å². The van der Waals surface area contributed by atoms with Crippen molar-refractivity contribution in [3.8, 4) is 5.75 Å². The molecule has 0 fully saturated rings. The molecule has 0 unspecified atom stereocenters. The lowest BCUT2D eigenvalue weighted by molar-refractivity contribution is 0.281. The average Bonchev–Trinajstić information content (AvgIpc) is 2.84. The minimum atomic E-state index is -0.336. The van der Waals surface area contributed by atoms with Crippen LogP contribution in [0.2, 0.25) is 0 Å². The topological polar surface area (TPSA) is 39.1 Å². The molecule has 108 valence electrons. The monoisotopic (exact) mass is 277 g/mol. The standard InChI is InChI=1S/C15H20FN3O/c1-3-8-17-10-12-5-4-6-14(16)15(12)20-11-13-7-9-19(2)18-13/h4-7,9,17H,3,8,10-11H2,1-2H3. The van der Waals surface area contributed by atoms with Crippen molar-refractivity contribution >= 4 is 0 Å². The summed E-state index contributed by atoms with van der Waals surface area (Å²) in [5, 5.41) is 7.47. The van der Waals surface area contributed by atoms with Crippen molar-refractivity contribution in [2.45, 2.75) is 26.5 Å². The molecule has 5 heteroatoms. The summed E-state index contributed by atoms with van der Waals surface area (Å²) in [5.41, 5.74) is 1.61. The Hall–Kier alpha value is -1.88. The highest BCUT2D eigenvalue weighted by molar-refractivity contribution is 5.35. The van der Waals surface area contributed by atoms with Gasteiger partial charge in [0.25, 0.3) is 0 Å². The molecule has 0 aliphatic carbocycles. The second kappa shape index (κ2) is 7.05. The van der Waals surface area contributed by atoms with E-state index in [1.54, 1.807) is 10.7 Å². The number of para-hydroxylation sites is 1. The number of nitrogens with one attached hydrogen (secondary N) is 1. The second-order valence-corrected chi connectivity index (χ2v) is 4.67. The van der Waals surface area contributed by atoms with Crippen molar-refractivity contribution in [1.82, 2.24) is 15.1 Å². The highest BCUT2D eigenvalue weighted by Gasteiger charge is 2.10. The first-order chi connectivity index (χ1) is 9.70. The first-order valence-electron chi connectivity index (χ1n) is 6.80. The lowest BCUT2D eigenvalue weighted by Gasteiger charge is -2.12. The number of ether oxygens (including phenoxy) is 1. The van der Waals surface area contributed by atoms with Crippen molar-refractivity contribution in [2.24, 2.45) is 7.05 Å². The number of aromatic nitrogens is 2. The first-order valence-corrected chi connectivity index (χ1v) is 6.80. The van der Waals surface area contributed by atoms with Gasteiger partial charge in [-0.25, -0.2) is 4.39 Å². The van der Waals surface area contributed by atoms with Gasteiger partial charge in [-0.15, -0.1) is 0 Å². The molecule has 2 aromatic rings. The van der Waals surface area contributed by atoms with Crippen molar-refractivity contribution in [3.63, 3.8) is 0 Å². The molecule has 0 bridgehead atoms. The van der Waals surface area contributed by atoms with E-state index < -0.39 is 0 Å². The minimum Gasteiger partial charge on any atom is -0.484 e. The Balaban J connectivity index is 2.04. The molecule has 0 aliphatic heterocycles. The number of benzene rings is 1. The maximum Gasteiger partial charge on any atom is 0.165 e. The number of nitrogens with zero attached hydrogens (tertiary/aromatic N) is 2. The van der Waals surface area contributed by atoms with Gasteiger partial charge >= 0.3 is 0 Å². The van der Waals surface area contributed by atoms with Crippen LogP contribution in [0, 0.1) is 5.82 Å². The second-order valence-electron chi connectivity index (χ2n) is 4.67. The summed E-state index contributed by atoms with van der Waals surface area (Å²) in [4.78, 5) is 0. The lowest BCUT2D eigenvalue weighted by Crippen LogP contribution is -2.15. The highest BCUT2D eigenvalue weighted by Crippen LogP contribution is 2.23. The van der Waals surface area contributed by atoms with Crippen LogP contribution in [0.3, 0.4) is 0 Å². The first kappa shape index (κ1) is 14.5. The molecule has 1 aromatic heterocycles. The zero-order chi connectivity index (χ0) is 14.4. The van der Waals surface area contributed by atoms with Crippen LogP contribution >= 0.6 is 0 Å². The number of aryl methyl sites for hydroxylation is 1. The van der Waals surface area contributed by atoms with Crippen LogP contribution in [0.1, 0.15) is 24.6 Å². The zero-order valence-electron chi connectivity index (χ0n) is 11.9. The number of hydrogen-bond acceptors (Lipinski definition) is 3. The minimum absolute atomic E-state index is 0.266. The van der Waals surface area contributed by atoms with Crippen molar-refractivity contribution in [3.05, 3.63) is 47.5 Å². The van der Waals surface area contributed by atoms with E-state index in [9.17, 15) is 4.39 Å². The third kappa shape index (κ3) is 3.81. The number of halogens is 1. The van der Waals surface area contributed by atoms with E-state index in [1.807, 2.05) is 25.4 Å². The summed E-state index contributed by atoms with van der Waals surface area (Å²) in [6.45, 7) is 3.86. The van der Waals surface area contributed by atoms with Gasteiger partial charge in [-0.3, -0.25) is 4.68 Å². The van der Waals surface area contributed by atoms with Gasteiger partial charge in [0, 0.05) is 25.4 Å². The Morgan fingerprint density at radius 2 is 2.20 bits per heavy atom. The van der Waals surface area contributed by atoms with E-state index in [0.717, 1.165) is 24.2 Å². The van der Waals surface area contributed by atoms with Crippen LogP contribution in [0.15, 0.2) is 30.5 Å². The Morgan fingerprint density at radius 1 is 1.35 bits per heavy atom. The summed E-state index contributed by atoms with van der Waals surface area (Å²) in [5.74, 6) is -0.0292. The van der Waals surface area contributed by atoms with Gasteiger partial charge in [-0.05, 0) is 25.1 Å². The molecule has 2 rings (SSSR count). The Morgan fingerprint density at radius 3 is 2.90 bits per heavy atom. The summed E-state index contributed by atoms with van der Waals surface area (Å²) in [6.07, 6.45) is 2.88. The largest absolute Gasteiger partial charge is 0.484 e. The van der Waals surface area contributed by atoms with Gasteiger partial charge in [-0.1, -0.05) is 19.1 Å². The van der Waals surface area contributed by atoms with Crippen molar-refractivity contribution in [2.75, 3.05) is 6.54 Å². The highest BCUT2D eigenvalue weighted by atomic mass is 19.1. The average molecular weight is 277 g/mol. The summed E-state index contributed by atoms with van der Waals surface area (Å²) in [7, 11) is 1.84. The molecule has 0 radical (unpaired) electrons. The van der Waals surface area contributed by atoms with Crippen LogP contribution in [-0.2, 0) is 20.2 Å². The molecule has 0 spiro atoms. The molecular weight excluding hydrogens is 257 g/mol. The molecule has 0 amide bonds. The van der Waals surface area contributed by atoms with Crippen molar-refractivity contribution in [1.29, 1.82) is 0 Å². The van der Waals surface area contributed by atoms with Crippen LogP contribution in [0.5, 0.6) is 5.75 Å². The van der Waals surface area contributed by atoms with Crippen LogP contribution < -0.4 is 10.1 Å². The summed E-state index contributed by atoms with van der Waals surface area (Å²) >= 11 is 0. The summed E-state index contributed by atoms with van der Waals surface area (Å²) in [6, 6.07) is 6.85. The molecule has 0 saturated heterocycles. The van der Waals surface area contributed by atoms with E-state index in [-0.39, 0.29) is 12.4 Å². The molecule has 1 N–H and O–H groups in total. The number of rotatable bonds is 7. The SMILES string of the molecule is CCCNCc1cccc(F)c1OCc1ccn(C)n1. The van der Waals surface area contributed by atoms with E-state index in [4.69, 9.17) is 4.74 Å². The predicted molar refractivity (Wildman–Crippen MR) is 75.9 cm³/mol. The maximum atomic E-state index is 13.9. The molecular formula is C15H20FN3O.